The van der Waals surface area contributed by atoms with Crippen LogP contribution in [0.1, 0.15) is 106 Å². The fourth-order valence-electron chi connectivity index (χ4n) is 10.6. The molecule has 0 spiro atoms. The Kier molecular flexibility index (Phi) is 4.68. The number of rotatable bonds is 0. The normalized spacial score (nSPS) is 55.9. The molecule has 1 heteroatoms. The highest BCUT2D eigenvalue weighted by atomic mass is 16.3. The van der Waals surface area contributed by atoms with E-state index in [0.29, 0.717) is 39.9 Å². The molecule has 0 unspecified atom stereocenters. The van der Waals surface area contributed by atoms with E-state index in [-0.39, 0.29) is 16.9 Å². The van der Waals surface area contributed by atoms with Crippen LogP contribution in [-0.2, 0) is 0 Å². The monoisotopic (exact) mass is 424 g/mol. The summed E-state index contributed by atoms with van der Waals surface area (Å²) < 4.78 is 0. The van der Waals surface area contributed by atoms with E-state index in [1.807, 2.05) is 0 Å². The summed E-state index contributed by atoms with van der Waals surface area (Å²) in [6.45, 7) is 22.2. The maximum atomic E-state index is 12.0. The fraction of sp³-hybridized carbons (Fsp3) is 0.867. The molecule has 9 atom stereocenters. The summed E-state index contributed by atoms with van der Waals surface area (Å²) in [4.78, 5) is 0. The molecule has 0 amide bonds. The Labute approximate surface area is 192 Å². The molecule has 0 heterocycles. The molecule has 0 aromatic rings. The summed E-state index contributed by atoms with van der Waals surface area (Å²) >= 11 is 0. The van der Waals surface area contributed by atoms with Gasteiger partial charge in [-0.2, -0.15) is 0 Å². The number of aliphatic hydroxyl groups excluding tert-OH is 1. The average molecular weight is 425 g/mol. The molecular weight excluding hydrogens is 376 g/mol. The SMILES string of the molecule is C=C1CC[C@]2(C)CC[C@]3(C)C(=CC[C@@H]4[C@@]5(C)CCCC(C)(C)[C@@H]5C[C@@H](O)[C@]43C)[C@H]2[C@H]1C. The van der Waals surface area contributed by atoms with Gasteiger partial charge in [0, 0.05) is 5.41 Å². The van der Waals surface area contributed by atoms with Gasteiger partial charge in [0.25, 0.3) is 0 Å². The number of allylic oxidation sites excluding steroid dienone is 3. The molecule has 4 fully saturated rings. The van der Waals surface area contributed by atoms with Gasteiger partial charge in [-0.25, -0.2) is 0 Å². The van der Waals surface area contributed by atoms with E-state index >= 15 is 0 Å². The Bertz CT molecular complexity index is 820. The molecule has 0 aromatic carbocycles. The Hall–Kier alpha value is -0.560. The summed E-state index contributed by atoms with van der Waals surface area (Å²) in [5.74, 6) is 2.42. The maximum absolute atomic E-state index is 12.0. The minimum atomic E-state index is -0.187. The van der Waals surface area contributed by atoms with E-state index in [9.17, 15) is 5.11 Å². The molecule has 174 valence electrons. The standard InChI is InChI=1S/C30H48O/c1-19-12-15-27(5)16-17-29(7)21(25(27)20(19)2)10-11-22-28(6)14-9-13-26(3,4)23(28)18-24(31)30(22,29)8/h10,20,22-25,31H,1,9,11-18H2,2-8H3/t20-,22+,23-,24+,25+,27+,28+,29+,30-/m0/s1. The molecule has 0 bridgehead atoms. The minimum Gasteiger partial charge on any atom is -0.393 e. The molecule has 1 nitrogen and oxygen atoms in total. The quantitative estimate of drug-likeness (QED) is 0.391. The van der Waals surface area contributed by atoms with Crippen LogP contribution in [0.25, 0.3) is 0 Å². The van der Waals surface area contributed by atoms with Gasteiger partial charge in [0.15, 0.2) is 0 Å². The smallest absolute Gasteiger partial charge is 0.0608 e. The molecule has 5 aliphatic rings. The lowest BCUT2D eigenvalue weighted by Gasteiger charge is -2.72. The van der Waals surface area contributed by atoms with Crippen molar-refractivity contribution in [3.63, 3.8) is 0 Å². The second kappa shape index (κ2) is 6.52. The number of fused-ring (bicyclic) bond motifs is 7. The zero-order valence-corrected chi connectivity index (χ0v) is 21.5. The third-order valence-corrected chi connectivity index (χ3v) is 12.8. The largest absolute Gasteiger partial charge is 0.393 e. The lowest BCUT2D eigenvalue weighted by Crippen LogP contribution is -2.67. The Balaban J connectivity index is 1.64. The molecule has 1 N–H and O–H groups in total. The molecule has 31 heavy (non-hydrogen) atoms. The molecule has 0 radical (unpaired) electrons. The van der Waals surface area contributed by atoms with Gasteiger partial charge in [0.2, 0.25) is 0 Å². The van der Waals surface area contributed by atoms with Crippen molar-refractivity contribution >= 4 is 0 Å². The van der Waals surface area contributed by atoms with Crippen molar-refractivity contribution in [1.82, 2.24) is 0 Å². The number of hydrogen-bond acceptors (Lipinski definition) is 1. The van der Waals surface area contributed by atoms with E-state index in [2.05, 4.69) is 61.1 Å². The Morgan fingerprint density at radius 1 is 0.935 bits per heavy atom. The van der Waals surface area contributed by atoms with Gasteiger partial charge < -0.3 is 5.11 Å². The van der Waals surface area contributed by atoms with E-state index in [1.54, 1.807) is 5.57 Å². The van der Waals surface area contributed by atoms with Crippen molar-refractivity contribution in [2.24, 2.45) is 50.7 Å². The second-order valence-corrected chi connectivity index (χ2v) is 14.3. The number of aliphatic hydroxyl groups is 1. The van der Waals surface area contributed by atoms with Crippen molar-refractivity contribution in [3.8, 4) is 0 Å². The summed E-state index contributed by atoms with van der Waals surface area (Å²) in [5.41, 5.74) is 4.38. The first-order valence-corrected chi connectivity index (χ1v) is 13.4. The molecule has 0 aromatic heterocycles. The highest BCUT2D eigenvalue weighted by Crippen LogP contribution is 2.75. The van der Waals surface area contributed by atoms with Crippen LogP contribution in [0.3, 0.4) is 0 Å². The minimum absolute atomic E-state index is 0.0183. The van der Waals surface area contributed by atoms with Crippen LogP contribution >= 0.6 is 0 Å². The third kappa shape index (κ3) is 2.59. The second-order valence-electron chi connectivity index (χ2n) is 14.3. The third-order valence-electron chi connectivity index (χ3n) is 12.8. The zero-order chi connectivity index (χ0) is 22.6. The molecular formula is C30H48O. The molecule has 0 aliphatic heterocycles. The van der Waals surface area contributed by atoms with Gasteiger partial charge in [-0.05, 0) is 96.7 Å². The van der Waals surface area contributed by atoms with Crippen LogP contribution < -0.4 is 0 Å². The molecule has 5 aliphatic carbocycles. The van der Waals surface area contributed by atoms with Crippen LogP contribution in [0.2, 0.25) is 0 Å². The van der Waals surface area contributed by atoms with Crippen molar-refractivity contribution < 1.29 is 5.11 Å². The van der Waals surface area contributed by atoms with E-state index in [0.717, 1.165) is 6.42 Å². The van der Waals surface area contributed by atoms with Gasteiger partial charge in [-0.1, -0.05) is 78.7 Å². The van der Waals surface area contributed by atoms with E-state index < -0.39 is 0 Å². The summed E-state index contributed by atoms with van der Waals surface area (Å²) in [6, 6.07) is 0. The van der Waals surface area contributed by atoms with Crippen LogP contribution in [0.15, 0.2) is 23.8 Å². The maximum Gasteiger partial charge on any atom is 0.0608 e. The van der Waals surface area contributed by atoms with Crippen LogP contribution in [0.4, 0.5) is 0 Å². The van der Waals surface area contributed by atoms with Gasteiger partial charge in [-0.3, -0.25) is 0 Å². The summed E-state index contributed by atoms with van der Waals surface area (Å²) in [6.07, 6.45) is 13.8. The van der Waals surface area contributed by atoms with Crippen molar-refractivity contribution in [2.75, 3.05) is 0 Å². The Morgan fingerprint density at radius 3 is 2.35 bits per heavy atom. The first-order chi connectivity index (χ1) is 14.3. The van der Waals surface area contributed by atoms with Gasteiger partial charge in [0.05, 0.1) is 6.10 Å². The van der Waals surface area contributed by atoms with Crippen molar-refractivity contribution in [1.29, 1.82) is 0 Å². The molecule has 5 rings (SSSR count). The lowest BCUT2D eigenvalue weighted by molar-refractivity contribution is -0.229. The van der Waals surface area contributed by atoms with E-state index in [1.165, 1.54) is 56.9 Å². The van der Waals surface area contributed by atoms with Crippen LogP contribution in [0.5, 0.6) is 0 Å². The zero-order valence-electron chi connectivity index (χ0n) is 21.5. The lowest BCUT2D eigenvalue weighted by atomic mass is 9.33. The first kappa shape index (κ1) is 22.2. The van der Waals surface area contributed by atoms with Crippen molar-refractivity contribution in [3.05, 3.63) is 23.8 Å². The fourth-order valence-corrected chi connectivity index (χ4v) is 10.6. The van der Waals surface area contributed by atoms with Crippen LogP contribution in [-0.4, -0.2) is 11.2 Å². The predicted molar refractivity (Wildman–Crippen MR) is 131 cm³/mol. The topological polar surface area (TPSA) is 20.2 Å². The van der Waals surface area contributed by atoms with Gasteiger partial charge in [0.1, 0.15) is 0 Å². The number of hydrogen-bond donors (Lipinski definition) is 1. The molecule has 0 saturated heterocycles. The van der Waals surface area contributed by atoms with E-state index in [4.69, 9.17) is 0 Å². The summed E-state index contributed by atoms with van der Waals surface area (Å²) in [5, 5.41) is 12.0. The average Bonchev–Trinajstić information content (AvgIpc) is 2.68. The summed E-state index contributed by atoms with van der Waals surface area (Å²) in [7, 11) is 0. The molecule has 4 saturated carbocycles. The first-order valence-electron chi connectivity index (χ1n) is 13.4. The highest BCUT2D eigenvalue weighted by Gasteiger charge is 2.69. The van der Waals surface area contributed by atoms with Crippen LogP contribution in [0, 0.1) is 50.7 Å². The highest BCUT2D eigenvalue weighted by molar-refractivity contribution is 5.36. The Morgan fingerprint density at radius 2 is 1.65 bits per heavy atom. The van der Waals surface area contributed by atoms with Gasteiger partial charge >= 0.3 is 0 Å². The van der Waals surface area contributed by atoms with Gasteiger partial charge in [-0.15, -0.1) is 0 Å². The van der Waals surface area contributed by atoms with Crippen molar-refractivity contribution in [2.45, 2.75) is 112 Å². The predicted octanol–water partition coefficient (Wildman–Crippen LogP) is 7.94.